The molecule has 30 heavy (non-hydrogen) atoms. The van der Waals surface area contributed by atoms with Crippen LogP contribution >= 0.6 is 0 Å². The number of nitrogens with zero attached hydrogens (tertiary/aromatic N) is 3. The van der Waals surface area contributed by atoms with Gasteiger partial charge in [0.15, 0.2) is 5.65 Å². The number of nitrogens with two attached hydrogens (primary N) is 2. The molecular formula is C19H21F2N7O2. The van der Waals surface area contributed by atoms with Crippen LogP contribution in [0.5, 0.6) is 5.75 Å². The number of nitrogens with one attached hydrogen (secondary N) is 2. The topological polar surface area (TPSA) is 145 Å². The van der Waals surface area contributed by atoms with Crippen LogP contribution in [0.3, 0.4) is 0 Å². The van der Waals surface area contributed by atoms with Crippen LogP contribution in [0, 0.1) is 5.41 Å². The molecule has 0 unspecified atom stereocenters. The molecule has 2 aromatic heterocycles. The molecule has 1 amide bonds. The highest BCUT2D eigenvalue weighted by molar-refractivity contribution is 6.14. The van der Waals surface area contributed by atoms with Crippen LogP contribution in [0.25, 0.3) is 11.2 Å². The number of nitrogen functional groups attached to an aromatic ring is 2. The van der Waals surface area contributed by atoms with Crippen molar-refractivity contribution in [2.24, 2.45) is 0 Å². The van der Waals surface area contributed by atoms with E-state index in [4.69, 9.17) is 17.0 Å². The number of rotatable bonds is 5. The molecule has 158 valence electrons. The van der Waals surface area contributed by atoms with Crippen molar-refractivity contribution in [1.82, 2.24) is 20.0 Å². The largest absolute Gasteiger partial charge is 0.435 e. The minimum absolute atomic E-state index is 0.0828. The van der Waals surface area contributed by atoms with Crippen molar-refractivity contribution in [1.29, 1.82) is 5.41 Å². The number of carbonyl (C=O) groups is 1. The van der Waals surface area contributed by atoms with Gasteiger partial charge in [-0.05, 0) is 39.0 Å². The van der Waals surface area contributed by atoms with Gasteiger partial charge in [-0.15, -0.1) is 0 Å². The molecule has 0 aliphatic carbocycles. The summed E-state index contributed by atoms with van der Waals surface area (Å²) >= 11 is 0. The number of benzene rings is 1. The normalized spacial score (nSPS) is 11.7. The van der Waals surface area contributed by atoms with E-state index in [-0.39, 0.29) is 45.1 Å². The molecule has 0 atom stereocenters. The van der Waals surface area contributed by atoms with E-state index < -0.39 is 18.1 Å². The van der Waals surface area contributed by atoms with Crippen LogP contribution < -0.4 is 21.6 Å². The Labute approximate surface area is 170 Å². The van der Waals surface area contributed by atoms with Crippen LogP contribution in [-0.4, -0.2) is 38.4 Å². The highest BCUT2D eigenvalue weighted by Crippen LogP contribution is 2.24. The first kappa shape index (κ1) is 21.0. The minimum atomic E-state index is -3.01. The standard InChI is InChI=1S/C19H21F2N7O2/c1-19(2,3)27-17(29)11-8-28(24)16-15(11)26-13(7-25-16)14(23)10-6-9(30-18(20)21)4-5-12(10)22/h4-8,18,23H,22,24H2,1-3H3,(H,27,29). The molecule has 3 rings (SSSR count). The third-order valence-corrected chi connectivity index (χ3v) is 4.03. The van der Waals surface area contributed by atoms with Gasteiger partial charge in [0.05, 0.1) is 17.5 Å². The Morgan fingerprint density at radius 2 is 2.00 bits per heavy atom. The van der Waals surface area contributed by atoms with Gasteiger partial charge < -0.3 is 21.6 Å². The summed E-state index contributed by atoms with van der Waals surface area (Å²) in [5.41, 5.74) is 6.26. The molecule has 3 aromatic rings. The van der Waals surface area contributed by atoms with Crippen LogP contribution in [0.1, 0.15) is 42.4 Å². The number of hydrogen-bond acceptors (Lipinski definition) is 7. The van der Waals surface area contributed by atoms with Crippen molar-refractivity contribution in [2.75, 3.05) is 11.6 Å². The number of hydrogen-bond donors (Lipinski definition) is 4. The second kappa shape index (κ2) is 7.58. The van der Waals surface area contributed by atoms with Crippen molar-refractivity contribution in [3.05, 3.63) is 47.4 Å². The van der Waals surface area contributed by atoms with Gasteiger partial charge >= 0.3 is 6.61 Å². The lowest BCUT2D eigenvalue weighted by Gasteiger charge is -2.20. The molecule has 0 aliphatic heterocycles. The summed E-state index contributed by atoms with van der Waals surface area (Å²) in [4.78, 5) is 21.2. The number of anilines is 1. The molecule has 9 nitrogen and oxygen atoms in total. The van der Waals surface area contributed by atoms with Crippen molar-refractivity contribution < 1.29 is 18.3 Å². The molecule has 1 aromatic carbocycles. The van der Waals surface area contributed by atoms with Gasteiger partial charge in [0, 0.05) is 23.0 Å². The Morgan fingerprint density at radius 3 is 2.63 bits per heavy atom. The quantitative estimate of drug-likeness (QED) is 0.285. The molecule has 0 radical (unpaired) electrons. The summed E-state index contributed by atoms with van der Waals surface area (Å²) in [5.74, 6) is 5.33. The van der Waals surface area contributed by atoms with Gasteiger partial charge in [0.2, 0.25) is 0 Å². The number of ether oxygens (including phenoxy) is 1. The number of carbonyl (C=O) groups excluding carboxylic acids is 1. The Balaban J connectivity index is 2.04. The van der Waals surface area contributed by atoms with Gasteiger partial charge in [-0.2, -0.15) is 8.78 Å². The van der Waals surface area contributed by atoms with E-state index in [0.717, 1.165) is 0 Å². The zero-order chi connectivity index (χ0) is 22.2. The summed E-state index contributed by atoms with van der Waals surface area (Å²) in [6.07, 6.45) is 2.68. The van der Waals surface area contributed by atoms with E-state index in [1.54, 1.807) is 0 Å². The number of alkyl halides is 2. The third-order valence-electron chi connectivity index (χ3n) is 4.03. The molecule has 6 N–H and O–H groups in total. The Kier molecular flexibility index (Phi) is 5.29. The maximum absolute atomic E-state index is 12.6. The lowest BCUT2D eigenvalue weighted by Crippen LogP contribution is -2.40. The molecule has 0 spiro atoms. The predicted molar refractivity (Wildman–Crippen MR) is 108 cm³/mol. The van der Waals surface area contributed by atoms with Crippen LogP contribution in [0.4, 0.5) is 14.5 Å². The summed E-state index contributed by atoms with van der Waals surface area (Å²) < 4.78 is 30.6. The predicted octanol–water partition coefficient (Wildman–Crippen LogP) is 2.27. The summed E-state index contributed by atoms with van der Waals surface area (Å²) in [6, 6.07) is 3.85. The lowest BCUT2D eigenvalue weighted by atomic mass is 10.0. The summed E-state index contributed by atoms with van der Waals surface area (Å²) in [7, 11) is 0. The molecule has 0 saturated heterocycles. The fraction of sp³-hybridized carbons (Fsp3) is 0.263. The average Bonchev–Trinajstić information content (AvgIpc) is 2.97. The third kappa shape index (κ3) is 4.29. The van der Waals surface area contributed by atoms with Crippen molar-refractivity contribution in [3.63, 3.8) is 0 Å². The number of halogens is 2. The maximum Gasteiger partial charge on any atom is 0.387 e. The molecule has 0 fully saturated rings. The molecule has 11 heteroatoms. The number of fused-ring (bicyclic) bond motifs is 1. The average molecular weight is 417 g/mol. The fourth-order valence-electron chi connectivity index (χ4n) is 2.77. The zero-order valence-corrected chi connectivity index (χ0v) is 16.5. The van der Waals surface area contributed by atoms with Crippen molar-refractivity contribution in [3.8, 4) is 5.75 Å². The highest BCUT2D eigenvalue weighted by Gasteiger charge is 2.22. The smallest absolute Gasteiger partial charge is 0.387 e. The van der Waals surface area contributed by atoms with Gasteiger partial charge in [-0.25, -0.2) is 14.6 Å². The van der Waals surface area contributed by atoms with E-state index >= 15 is 0 Å². The molecule has 0 saturated carbocycles. The fourth-order valence-corrected chi connectivity index (χ4v) is 2.77. The highest BCUT2D eigenvalue weighted by atomic mass is 19.3. The number of aromatic nitrogens is 3. The number of amides is 1. The SMILES string of the molecule is CC(C)(C)NC(=O)c1cn(N)c2ncc(C(=N)c3cc(OC(F)F)ccc3N)nc12. The summed E-state index contributed by atoms with van der Waals surface area (Å²) in [5, 5.41) is 11.2. The Morgan fingerprint density at radius 1 is 1.30 bits per heavy atom. The Hall–Kier alpha value is -3.76. The zero-order valence-electron chi connectivity index (χ0n) is 16.5. The molecule has 0 bridgehead atoms. The second-order valence-corrected chi connectivity index (χ2v) is 7.58. The first-order valence-electron chi connectivity index (χ1n) is 8.85. The summed E-state index contributed by atoms with van der Waals surface area (Å²) in [6.45, 7) is 2.48. The molecule has 2 heterocycles. The second-order valence-electron chi connectivity index (χ2n) is 7.58. The van der Waals surface area contributed by atoms with Crippen molar-refractivity contribution in [2.45, 2.75) is 32.9 Å². The first-order chi connectivity index (χ1) is 14.0. The van der Waals surface area contributed by atoms with E-state index in [2.05, 4.69) is 20.0 Å². The molecule has 0 aliphatic rings. The minimum Gasteiger partial charge on any atom is -0.435 e. The van der Waals surface area contributed by atoms with E-state index in [0.29, 0.717) is 0 Å². The van der Waals surface area contributed by atoms with Gasteiger partial charge in [0.1, 0.15) is 17.0 Å². The van der Waals surface area contributed by atoms with Crippen LogP contribution in [0.15, 0.2) is 30.6 Å². The lowest BCUT2D eigenvalue weighted by molar-refractivity contribution is -0.0498. The van der Waals surface area contributed by atoms with Crippen LogP contribution in [-0.2, 0) is 0 Å². The maximum atomic E-state index is 12.6. The molecular weight excluding hydrogens is 396 g/mol. The van der Waals surface area contributed by atoms with Gasteiger partial charge in [-0.3, -0.25) is 10.2 Å². The Bertz CT molecular complexity index is 1140. The van der Waals surface area contributed by atoms with E-state index in [1.807, 2.05) is 20.8 Å². The van der Waals surface area contributed by atoms with Crippen molar-refractivity contribution >= 4 is 28.5 Å². The van der Waals surface area contributed by atoms with Gasteiger partial charge in [0.25, 0.3) is 5.91 Å². The first-order valence-corrected chi connectivity index (χ1v) is 8.85. The van der Waals surface area contributed by atoms with E-state index in [1.165, 1.54) is 35.3 Å². The van der Waals surface area contributed by atoms with Gasteiger partial charge in [-0.1, -0.05) is 0 Å². The van der Waals surface area contributed by atoms with E-state index in [9.17, 15) is 13.6 Å². The monoisotopic (exact) mass is 417 g/mol. The van der Waals surface area contributed by atoms with Crippen LogP contribution in [0.2, 0.25) is 0 Å².